The summed E-state index contributed by atoms with van der Waals surface area (Å²) in [6.07, 6.45) is 17.4. The van der Waals surface area contributed by atoms with Gasteiger partial charge in [0.1, 0.15) is 18.0 Å². The molecule has 0 spiro atoms. The van der Waals surface area contributed by atoms with Crippen molar-refractivity contribution in [1.29, 1.82) is 10.8 Å². The van der Waals surface area contributed by atoms with Crippen molar-refractivity contribution in [2.75, 3.05) is 121 Å². The van der Waals surface area contributed by atoms with Gasteiger partial charge in [-0.05, 0) is 190 Å². The number of hydrogen-bond acceptors (Lipinski definition) is 22. The van der Waals surface area contributed by atoms with Crippen molar-refractivity contribution in [1.82, 2.24) is 74.3 Å². The first-order valence-corrected chi connectivity index (χ1v) is 30.7. The lowest BCUT2D eigenvalue weighted by Crippen LogP contribution is -2.39. The average molecular weight is 1310 g/mol. The maximum atomic E-state index is 12.8. The van der Waals surface area contributed by atoms with Crippen LogP contribution in [0.3, 0.4) is 0 Å². The molecule has 25 nitrogen and oxygen atoms in total. The van der Waals surface area contributed by atoms with Crippen LogP contribution in [0, 0.1) is 65.1 Å². The van der Waals surface area contributed by atoms with E-state index in [1.54, 1.807) is 76.8 Å². The SMILES string of the molecule is C.CCOc1nccc(C)n1.COC1CCN(C(C)=N)C1.COC1CCN(C(C)=N)CC1.COCCNc1nccc(C)n1.Cc1cc[n+](O)cc1CN(C)C.Cc1ccc(F)cc1CN(C)C.Cc1ccnc(CN(C)C)n1.Cc1ccnc(N)n1.Cc1ccncn1. The third kappa shape index (κ3) is 42.0. The number of halogens is 1. The molecule has 7 aromatic rings. The van der Waals surface area contributed by atoms with Crippen molar-refractivity contribution in [3.05, 3.63) is 167 Å². The van der Waals surface area contributed by atoms with Crippen LogP contribution in [-0.2, 0) is 33.8 Å². The fraction of sp³-hybridized carbons (Fsp3) is 0.515. The Balaban J connectivity index is 0.00000104. The molecular weight excluding hydrogens is 1200 g/mol. The molecule has 0 amide bonds. The van der Waals surface area contributed by atoms with Gasteiger partial charge < -0.3 is 54.5 Å². The Hall–Kier alpha value is -8.40. The summed E-state index contributed by atoms with van der Waals surface area (Å²) < 4.78 is 34.2. The number of benzene rings is 1. The van der Waals surface area contributed by atoms with E-state index in [4.69, 9.17) is 40.7 Å². The molecule has 0 aliphatic carbocycles. The van der Waals surface area contributed by atoms with E-state index in [9.17, 15) is 4.39 Å². The number of ether oxygens (including phenoxy) is 4. The molecule has 2 aliphatic heterocycles. The zero-order valence-corrected chi connectivity index (χ0v) is 58.9. The van der Waals surface area contributed by atoms with Crippen molar-refractivity contribution in [3.8, 4) is 6.01 Å². The van der Waals surface area contributed by atoms with Crippen molar-refractivity contribution in [3.63, 3.8) is 0 Å². The predicted molar refractivity (Wildman–Crippen MR) is 374 cm³/mol. The number of nitrogen functional groups attached to an aromatic ring is 1. The van der Waals surface area contributed by atoms with Crippen LogP contribution >= 0.6 is 0 Å². The molecule has 1 unspecified atom stereocenters. The van der Waals surface area contributed by atoms with E-state index >= 15 is 0 Å². The van der Waals surface area contributed by atoms with Gasteiger partial charge in [0, 0.05) is 143 Å². The van der Waals surface area contributed by atoms with Crippen LogP contribution in [-0.4, -0.2) is 213 Å². The number of likely N-dealkylation sites (tertiary alicyclic amines) is 2. The van der Waals surface area contributed by atoms with Gasteiger partial charge in [-0.1, -0.05) is 13.5 Å². The van der Waals surface area contributed by atoms with Crippen molar-refractivity contribution in [2.24, 2.45) is 0 Å². The average Bonchev–Trinajstić information content (AvgIpc) is 2.03. The van der Waals surface area contributed by atoms with Crippen LogP contribution in [0.15, 0.2) is 104 Å². The van der Waals surface area contributed by atoms with Crippen molar-refractivity contribution >= 4 is 23.6 Å². The lowest BCUT2D eigenvalue weighted by atomic mass is 10.1. The molecule has 26 heteroatoms. The summed E-state index contributed by atoms with van der Waals surface area (Å²) in [6.45, 7) is 27.5. The zero-order valence-electron chi connectivity index (χ0n) is 58.9. The normalized spacial score (nSPS) is 12.7. The number of hydrogen-bond donors (Lipinski definition) is 5. The highest BCUT2D eigenvalue weighted by molar-refractivity contribution is 5.76. The summed E-state index contributed by atoms with van der Waals surface area (Å²) in [6, 6.07) is 16.5. The number of methoxy groups -OCH3 is 3. The smallest absolute Gasteiger partial charge is 0.316 e. The second-order valence-electron chi connectivity index (χ2n) is 22.4. The molecule has 0 saturated carbocycles. The number of anilines is 2. The second kappa shape index (κ2) is 50.1. The molecule has 1 aromatic carbocycles. The lowest BCUT2D eigenvalue weighted by molar-refractivity contribution is -0.905. The minimum Gasteiger partial charge on any atom is -0.464 e. The fourth-order valence-electron chi connectivity index (χ4n) is 8.02. The summed E-state index contributed by atoms with van der Waals surface area (Å²) in [4.78, 5) is 49.9. The van der Waals surface area contributed by atoms with Gasteiger partial charge in [0.15, 0.2) is 0 Å². The molecule has 0 bridgehead atoms. The monoisotopic (exact) mass is 1310 g/mol. The molecule has 2 aliphatic rings. The van der Waals surface area contributed by atoms with E-state index in [0.717, 1.165) is 127 Å². The van der Waals surface area contributed by atoms with Crippen LogP contribution in [0.25, 0.3) is 0 Å². The van der Waals surface area contributed by atoms with E-state index in [1.165, 1.54) is 18.0 Å². The summed E-state index contributed by atoms with van der Waals surface area (Å²) >= 11 is 0. The van der Waals surface area contributed by atoms with Crippen LogP contribution in [0.5, 0.6) is 6.01 Å². The number of nitrogens with one attached hydrogen (secondary N) is 3. The highest BCUT2D eigenvalue weighted by atomic mass is 19.1. The highest BCUT2D eigenvalue weighted by Crippen LogP contribution is 2.14. The van der Waals surface area contributed by atoms with Gasteiger partial charge >= 0.3 is 6.01 Å². The quantitative estimate of drug-likeness (QED) is 0.0223. The molecule has 2 fully saturated rings. The van der Waals surface area contributed by atoms with Gasteiger partial charge in [-0.3, -0.25) is 16.0 Å². The summed E-state index contributed by atoms with van der Waals surface area (Å²) in [5.41, 5.74) is 14.6. The number of rotatable bonds is 14. The van der Waals surface area contributed by atoms with Gasteiger partial charge in [0.2, 0.25) is 24.3 Å². The van der Waals surface area contributed by atoms with Gasteiger partial charge in [0.25, 0.3) is 0 Å². The Bertz CT molecular complexity index is 3050. The highest BCUT2D eigenvalue weighted by Gasteiger charge is 2.22. The molecular formula is C68H112FN20O5+. The standard InChI is InChI=1S/C10H14FN.C9H15N2O.C8H13N3O.C8H13N3.C8H16N2O.C7H14N2O.C7H10N2O.C5H7N3.C5H6N2.CH4/c1-8-4-5-10(11)6-9(8)7-12(2)3;1-8-4-5-11(12)7-9(8)6-10(2)3;1-7-3-4-9-8(11-7)10-5-6-12-2;1-7-4-5-9-8(10-7)6-11(2)3;1-7(9)10-5-3-8(11-2)4-6-10;1-6(8)9-4-3-7(5-9)10-2;1-3-10-7-8-5-4-6(2)9-7;1-4-2-3-7-5(6)8-4;1-5-2-3-6-4-7-5;/h4-6H,7H2,1-3H3;4-5,7,12H,6H2,1-3H3;3-4H,5-6H2,1-2H3,(H,9,10,11);4-5H,6H2,1-3H3;8-9H,3-6H2,1-2H3;7-8H,3-5H2,1-2H3;4-5H,3H2,1-2H3;2-3H,1H3,(H2,6,7,8);2-4H,1H3;1H4/q;+1;;;;;;;;. The summed E-state index contributed by atoms with van der Waals surface area (Å²) in [5.74, 6) is 3.06. The largest absolute Gasteiger partial charge is 0.464 e. The van der Waals surface area contributed by atoms with Crippen LogP contribution < -0.4 is 20.5 Å². The van der Waals surface area contributed by atoms with Crippen LogP contribution in [0.4, 0.5) is 16.3 Å². The van der Waals surface area contributed by atoms with Crippen LogP contribution in [0.1, 0.15) is 104 Å². The number of piperidine rings is 1. The molecule has 6 aromatic heterocycles. The number of aromatic nitrogens is 11. The number of nitrogens with zero attached hydrogens (tertiary/aromatic N) is 16. The number of aryl methyl sites for hydroxylation is 7. The molecule has 520 valence electrons. The van der Waals surface area contributed by atoms with E-state index in [2.05, 4.69) is 69.9 Å². The first-order chi connectivity index (χ1) is 44.2. The number of pyridine rings is 1. The van der Waals surface area contributed by atoms with E-state index in [1.807, 2.05) is 158 Å². The Morgan fingerprint density at radius 2 is 1.16 bits per heavy atom. The first kappa shape index (κ1) is 85.6. The van der Waals surface area contributed by atoms with Gasteiger partial charge in [-0.2, -0.15) is 0 Å². The third-order valence-corrected chi connectivity index (χ3v) is 13.0. The van der Waals surface area contributed by atoms with Crippen molar-refractivity contribution in [2.45, 2.75) is 128 Å². The van der Waals surface area contributed by atoms with Crippen molar-refractivity contribution < 1.29 is 33.3 Å². The molecule has 1 atom stereocenters. The topological polar surface area (TPSA) is 292 Å². The van der Waals surface area contributed by atoms with Gasteiger partial charge in [0.05, 0.1) is 43.6 Å². The fourth-order valence-corrected chi connectivity index (χ4v) is 8.02. The molecule has 8 heterocycles. The number of nitrogens with two attached hydrogens (primary N) is 1. The molecule has 6 N–H and O–H groups in total. The molecule has 0 radical (unpaired) electrons. The minimum atomic E-state index is -0.155. The first-order valence-electron chi connectivity index (χ1n) is 30.7. The minimum absolute atomic E-state index is 0. The van der Waals surface area contributed by atoms with Gasteiger partial charge in [-0.25, -0.2) is 54.2 Å². The van der Waals surface area contributed by atoms with E-state index in [-0.39, 0.29) is 13.2 Å². The predicted octanol–water partition coefficient (Wildman–Crippen LogP) is 9.24. The Morgan fingerprint density at radius 3 is 1.62 bits per heavy atom. The van der Waals surface area contributed by atoms with Gasteiger partial charge in [-0.15, -0.1) is 0 Å². The molecule has 9 rings (SSSR count). The second-order valence-corrected chi connectivity index (χ2v) is 22.4. The number of amidine groups is 2. The Morgan fingerprint density at radius 1 is 0.638 bits per heavy atom. The molecule has 2 saturated heterocycles. The summed E-state index contributed by atoms with van der Waals surface area (Å²) in [7, 11) is 17.1. The third-order valence-electron chi connectivity index (χ3n) is 13.0. The van der Waals surface area contributed by atoms with Crippen LogP contribution in [0.2, 0.25) is 0 Å². The lowest BCUT2D eigenvalue weighted by Gasteiger charge is -2.31. The summed E-state index contributed by atoms with van der Waals surface area (Å²) in [5, 5.41) is 26.9. The maximum absolute atomic E-state index is 12.8. The molecule has 94 heavy (non-hydrogen) atoms. The Labute approximate surface area is 560 Å². The zero-order chi connectivity index (χ0) is 69.7. The maximum Gasteiger partial charge on any atom is 0.316 e. The van der Waals surface area contributed by atoms with E-state index < -0.39 is 0 Å². The van der Waals surface area contributed by atoms with E-state index in [0.29, 0.717) is 55.0 Å². The Kier molecular flexibility index (Phi) is 45.7.